The third-order valence-corrected chi connectivity index (χ3v) is 6.55. The van der Waals surface area contributed by atoms with Gasteiger partial charge in [-0.05, 0) is 25.0 Å². The predicted molar refractivity (Wildman–Crippen MR) is 81.5 cm³/mol. The summed E-state index contributed by atoms with van der Waals surface area (Å²) >= 11 is 6.60. The monoisotopic (exact) mass is 366 g/mol. The van der Waals surface area contributed by atoms with Gasteiger partial charge in [-0.1, -0.05) is 11.6 Å². The minimum atomic E-state index is -3.75. The maximum absolute atomic E-state index is 12.0. The molecule has 0 unspecified atom stereocenters. The molecule has 0 saturated carbocycles. The summed E-state index contributed by atoms with van der Waals surface area (Å²) in [5.74, 6) is -1.66. The molecular weight excluding hydrogens is 352 g/mol. The molecule has 0 aromatic carbocycles. The smallest absolute Gasteiger partial charge is 0.306 e. The Morgan fingerprint density at radius 1 is 1.36 bits per heavy atom. The highest BCUT2D eigenvalue weighted by Crippen LogP contribution is 2.25. The van der Waals surface area contributed by atoms with Crippen LogP contribution in [0.15, 0.2) is 16.3 Å². The molecule has 0 radical (unpaired) electrons. The molecule has 2 heterocycles. The van der Waals surface area contributed by atoms with Crippen molar-refractivity contribution in [3.8, 4) is 0 Å². The van der Waals surface area contributed by atoms with Crippen LogP contribution in [0, 0.1) is 5.92 Å². The summed E-state index contributed by atoms with van der Waals surface area (Å²) in [5.41, 5.74) is 0. The summed E-state index contributed by atoms with van der Waals surface area (Å²) in [6.45, 7) is 0.292. The molecule has 122 valence electrons. The van der Waals surface area contributed by atoms with Gasteiger partial charge in [0.05, 0.1) is 16.8 Å². The van der Waals surface area contributed by atoms with Crippen LogP contribution in [0.2, 0.25) is 4.34 Å². The van der Waals surface area contributed by atoms with Crippen molar-refractivity contribution in [3.05, 3.63) is 16.5 Å². The van der Waals surface area contributed by atoms with Crippen LogP contribution >= 0.6 is 22.9 Å². The van der Waals surface area contributed by atoms with Crippen LogP contribution in [0.25, 0.3) is 0 Å². The number of sulfonamides is 1. The minimum Gasteiger partial charge on any atom is -0.481 e. The number of halogens is 1. The molecule has 1 aromatic heterocycles. The fourth-order valence-electron chi connectivity index (χ4n) is 2.16. The van der Waals surface area contributed by atoms with Crippen molar-refractivity contribution in [1.82, 2.24) is 9.62 Å². The van der Waals surface area contributed by atoms with Crippen molar-refractivity contribution >= 4 is 44.8 Å². The summed E-state index contributed by atoms with van der Waals surface area (Å²) in [6, 6.07) is 2.84. The number of carbonyl (C=O) groups is 2. The van der Waals surface area contributed by atoms with E-state index in [1.54, 1.807) is 0 Å². The molecule has 0 atom stereocenters. The van der Waals surface area contributed by atoms with Crippen LogP contribution in [0.1, 0.15) is 12.8 Å². The number of carboxylic acid groups (broad SMARTS) is 1. The molecular formula is C12H15ClN2O5S2. The number of likely N-dealkylation sites (tertiary alicyclic amines) is 1. The zero-order valence-corrected chi connectivity index (χ0v) is 13.9. The molecule has 0 spiro atoms. The zero-order valence-electron chi connectivity index (χ0n) is 11.5. The second-order valence-corrected chi connectivity index (χ2v) is 8.59. The first kappa shape index (κ1) is 17.2. The van der Waals surface area contributed by atoms with Crippen LogP contribution in [0.4, 0.5) is 0 Å². The molecule has 0 bridgehead atoms. The number of rotatable bonds is 5. The first-order chi connectivity index (χ1) is 10.3. The summed E-state index contributed by atoms with van der Waals surface area (Å²) < 4.78 is 26.6. The molecule has 7 nitrogen and oxygen atoms in total. The van der Waals surface area contributed by atoms with Crippen LogP contribution in [-0.4, -0.2) is 49.9 Å². The first-order valence-electron chi connectivity index (χ1n) is 6.55. The molecule has 22 heavy (non-hydrogen) atoms. The second kappa shape index (κ2) is 6.95. The number of nitrogens with one attached hydrogen (secondary N) is 1. The van der Waals surface area contributed by atoms with E-state index in [9.17, 15) is 18.0 Å². The third kappa shape index (κ3) is 4.19. The molecule has 1 fully saturated rings. The number of carboxylic acids is 1. The molecule has 1 aromatic rings. The Morgan fingerprint density at radius 2 is 2.00 bits per heavy atom. The van der Waals surface area contributed by atoms with Crippen molar-refractivity contribution < 1.29 is 23.1 Å². The molecule has 2 rings (SSSR count). The van der Waals surface area contributed by atoms with E-state index in [1.165, 1.54) is 17.0 Å². The quantitative estimate of drug-likeness (QED) is 0.809. The SMILES string of the molecule is O=C(O)C1CCN(C(=O)CNS(=O)(=O)c2ccc(Cl)s2)CC1. The Morgan fingerprint density at radius 3 is 2.50 bits per heavy atom. The highest BCUT2D eigenvalue weighted by atomic mass is 35.5. The number of amides is 1. The van der Waals surface area contributed by atoms with Gasteiger partial charge in [0, 0.05) is 13.1 Å². The summed E-state index contributed by atoms with van der Waals surface area (Å²) in [7, 11) is -3.75. The zero-order chi connectivity index (χ0) is 16.3. The molecule has 1 aliphatic heterocycles. The van der Waals surface area contributed by atoms with E-state index in [0.717, 1.165) is 11.3 Å². The summed E-state index contributed by atoms with van der Waals surface area (Å²) in [5, 5.41) is 8.90. The number of carbonyl (C=O) groups excluding carboxylic acids is 1. The molecule has 0 aliphatic carbocycles. The van der Waals surface area contributed by atoms with Gasteiger partial charge >= 0.3 is 5.97 Å². The molecule has 2 N–H and O–H groups in total. The van der Waals surface area contributed by atoms with Crippen LogP contribution in [0.3, 0.4) is 0 Å². The van der Waals surface area contributed by atoms with Gasteiger partial charge in [-0.25, -0.2) is 13.1 Å². The number of hydrogen-bond acceptors (Lipinski definition) is 5. The maximum atomic E-state index is 12.0. The highest BCUT2D eigenvalue weighted by Gasteiger charge is 2.27. The van der Waals surface area contributed by atoms with E-state index in [-0.39, 0.29) is 16.7 Å². The van der Waals surface area contributed by atoms with Gasteiger partial charge in [0.25, 0.3) is 10.0 Å². The van der Waals surface area contributed by atoms with Crippen LogP contribution in [-0.2, 0) is 19.6 Å². The fourth-order valence-corrected chi connectivity index (χ4v) is 4.66. The Balaban J connectivity index is 1.87. The van der Waals surface area contributed by atoms with Crippen molar-refractivity contribution in [2.24, 2.45) is 5.92 Å². The van der Waals surface area contributed by atoms with Gasteiger partial charge in [0.2, 0.25) is 5.91 Å². The highest BCUT2D eigenvalue weighted by molar-refractivity contribution is 7.91. The fraction of sp³-hybridized carbons (Fsp3) is 0.500. The molecule has 1 amide bonds. The van der Waals surface area contributed by atoms with E-state index >= 15 is 0 Å². The number of hydrogen-bond donors (Lipinski definition) is 2. The number of piperidine rings is 1. The topological polar surface area (TPSA) is 104 Å². The molecule has 1 aliphatic rings. The van der Waals surface area contributed by atoms with E-state index in [0.29, 0.717) is 30.3 Å². The van der Waals surface area contributed by atoms with Gasteiger partial charge in [-0.2, -0.15) is 0 Å². The Kier molecular flexibility index (Phi) is 5.43. The Bertz CT molecular complexity index is 665. The van der Waals surface area contributed by atoms with Crippen molar-refractivity contribution in [3.63, 3.8) is 0 Å². The average Bonchev–Trinajstić information content (AvgIpc) is 2.92. The lowest BCUT2D eigenvalue weighted by atomic mass is 9.97. The Labute approximate surface area is 136 Å². The van der Waals surface area contributed by atoms with Gasteiger partial charge in [0.1, 0.15) is 4.21 Å². The number of aliphatic carboxylic acids is 1. The lowest BCUT2D eigenvalue weighted by Gasteiger charge is -2.30. The molecule has 10 heteroatoms. The predicted octanol–water partition coefficient (Wildman–Crippen LogP) is 1.00. The third-order valence-electron chi connectivity index (χ3n) is 3.42. The standard InChI is InChI=1S/C12H15ClN2O5S2/c13-9-1-2-11(21-9)22(19,20)14-7-10(16)15-5-3-8(4-6-15)12(17)18/h1-2,8,14H,3-7H2,(H,17,18). The summed E-state index contributed by atoms with van der Waals surface area (Å²) in [6.07, 6.45) is 0.767. The second-order valence-electron chi connectivity index (χ2n) is 4.88. The first-order valence-corrected chi connectivity index (χ1v) is 9.23. The Hall–Kier alpha value is -1.16. The van der Waals surface area contributed by atoms with Crippen molar-refractivity contribution in [2.75, 3.05) is 19.6 Å². The lowest BCUT2D eigenvalue weighted by Crippen LogP contribution is -2.44. The van der Waals surface area contributed by atoms with Gasteiger partial charge in [0.15, 0.2) is 0 Å². The van der Waals surface area contributed by atoms with Gasteiger partial charge in [-0.3, -0.25) is 9.59 Å². The van der Waals surface area contributed by atoms with E-state index in [4.69, 9.17) is 16.7 Å². The number of thiophene rings is 1. The van der Waals surface area contributed by atoms with Gasteiger partial charge < -0.3 is 10.0 Å². The summed E-state index contributed by atoms with van der Waals surface area (Å²) in [4.78, 5) is 24.3. The normalized spacial score (nSPS) is 16.7. The van der Waals surface area contributed by atoms with E-state index < -0.39 is 21.9 Å². The van der Waals surface area contributed by atoms with E-state index in [1.807, 2.05) is 0 Å². The average molecular weight is 367 g/mol. The van der Waals surface area contributed by atoms with Crippen LogP contribution < -0.4 is 4.72 Å². The number of nitrogens with zero attached hydrogens (tertiary/aromatic N) is 1. The van der Waals surface area contributed by atoms with Crippen molar-refractivity contribution in [1.29, 1.82) is 0 Å². The van der Waals surface area contributed by atoms with E-state index in [2.05, 4.69) is 4.72 Å². The lowest BCUT2D eigenvalue weighted by molar-refractivity contribution is -0.145. The van der Waals surface area contributed by atoms with Crippen LogP contribution in [0.5, 0.6) is 0 Å². The molecule has 1 saturated heterocycles. The maximum Gasteiger partial charge on any atom is 0.306 e. The minimum absolute atomic E-state index is 0.0508. The largest absolute Gasteiger partial charge is 0.481 e. The van der Waals surface area contributed by atoms with Crippen molar-refractivity contribution in [2.45, 2.75) is 17.1 Å². The van der Waals surface area contributed by atoms with Gasteiger partial charge in [-0.15, -0.1) is 11.3 Å².